The van der Waals surface area contributed by atoms with Crippen LogP contribution in [0.25, 0.3) is 0 Å². The average molecular weight is 291 g/mol. The van der Waals surface area contributed by atoms with Gasteiger partial charge in [-0.3, -0.25) is 4.21 Å². The van der Waals surface area contributed by atoms with Crippen molar-refractivity contribution in [3.63, 3.8) is 0 Å². The third kappa shape index (κ3) is 3.85. The summed E-state index contributed by atoms with van der Waals surface area (Å²) >= 11 is 0. The van der Waals surface area contributed by atoms with Crippen LogP contribution in [-0.4, -0.2) is 16.5 Å². The largest absolute Gasteiger partial charge is 0.382 e. The first-order chi connectivity index (χ1) is 9.70. The summed E-state index contributed by atoms with van der Waals surface area (Å²) in [5.41, 5.74) is 2.37. The van der Waals surface area contributed by atoms with Crippen molar-refractivity contribution < 1.29 is 4.21 Å². The zero-order chi connectivity index (χ0) is 13.9. The number of benzene rings is 1. The van der Waals surface area contributed by atoms with Gasteiger partial charge in [0, 0.05) is 34.5 Å². The maximum Gasteiger partial charge on any atom is 0.0483 e. The highest BCUT2D eigenvalue weighted by Crippen LogP contribution is 2.44. The summed E-state index contributed by atoms with van der Waals surface area (Å²) < 4.78 is 11.3. The molecule has 2 nitrogen and oxygen atoms in total. The van der Waals surface area contributed by atoms with Gasteiger partial charge < -0.3 is 5.32 Å². The molecular weight excluding hydrogens is 266 g/mol. The summed E-state index contributed by atoms with van der Waals surface area (Å²) in [5, 5.41) is 3.71. The lowest BCUT2D eigenvalue weighted by molar-refractivity contribution is 0.303. The van der Waals surface area contributed by atoms with E-state index in [0.717, 1.165) is 11.8 Å². The smallest absolute Gasteiger partial charge is 0.0483 e. The van der Waals surface area contributed by atoms with E-state index in [1.807, 2.05) is 0 Å². The predicted molar refractivity (Wildman–Crippen MR) is 86.3 cm³/mol. The summed E-state index contributed by atoms with van der Waals surface area (Å²) in [6.45, 7) is 0. The van der Waals surface area contributed by atoms with Crippen LogP contribution in [0.5, 0.6) is 0 Å². The van der Waals surface area contributed by atoms with Crippen LogP contribution in [0.1, 0.15) is 44.1 Å². The first kappa shape index (κ1) is 14.1. The maximum atomic E-state index is 11.3. The standard InChI is InChI=1S/C17H25NOS/c1-20(19)12-13-4-2-6-16(10-13)18-17-7-3-5-15(11-17)14-8-9-14/h2,4,6,10,14-15,17-18H,3,5,7-9,11-12H2,1H3/t15-,17+,20+/m0/s1. The Morgan fingerprint density at radius 2 is 2.05 bits per heavy atom. The molecule has 2 aliphatic rings. The third-order valence-electron chi connectivity index (χ3n) is 4.67. The minimum atomic E-state index is -0.763. The highest BCUT2D eigenvalue weighted by molar-refractivity contribution is 7.83. The highest BCUT2D eigenvalue weighted by Gasteiger charge is 2.34. The molecule has 0 amide bonds. The van der Waals surface area contributed by atoms with E-state index in [0.29, 0.717) is 11.8 Å². The molecule has 20 heavy (non-hydrogen) atoms. The van der Waals surface area contributed by atoms with E-state index in [2.05, 4.69) is 29.6 Å². The summed E-state index contributed by atoms with van der Waals surface area (Å²) in [6, 6.07) is 9.09. The van der Waals surface area contributed by atoms with Crippen molar-refractivity contribution in [1.29, 1.82) is 0 Å². The van der Waals surface area contributed by atoms with Gasteiger partial charge in [-0.25, -0.2) is 0 Å². The molecule has 0 aromatic heterocycles. The van der Waals surface area contributed by atoms with Crippen molar-refractivity contribution in [3.05, 3.63) is 29.8 Å². The molecule has 2 fully saturated rings. The molecule has 3 atom stereocenters. The summed E-state index contributed by atoms with van der Waals surface area (Å²) in [6.07, 6.45) is 10.2. The monoisotopic (exact) mass is 291 g/mol. The fourth-order valence-corrected chi connectivity index (χ4v) is 4.22. The molecule has 3 rings (SSSR count). The molecule has 0 spiro atoms. The lowest BCUT2D eigenvalue weighted by atomic mass is 9.82. The lowest BCUT2D eigenvalue weighted by Gasteiger charge is -2.30. The molecule has 0 saturated heterocycles. The Morgan fingerprint density at radius 1 is 1.20 bits per heavy atom. The number of hydrogen-bond donors (Lipinski definition) is 1. The molecule has 0 aliphatic heterocycles. The van der Waals surface area contributed by atoms with E-state index in [-0.39, 0.29) is 0 Å². The molecule has 3 heteroatoms. The van der Waals surface area contributed by atoms with Gasteiger partial charge >= 0.3 is 0 Å². The topological polar surface area (TPSA) is 29.1 Å². The van der Waals surface area contributed by atoms with Crippen molar-refractivity contribution in [2.75, 3.05) is 11.6 Å². The number of hydrogen-bond acceptors (Lipinski definition) is 2. The van der Waals surface area contributed by atoms with Gasteiger partial charge in [-0.05, 0) is 55.2 Å². The van der Waals surface area contributed by atoms with E-state index >= 15 is 0 Å². The Morgan fingerprint density at radius 3 is 2.80 bits per heavy atom. The second kappa shape index (κ2) is 6.30. The minimum absolute atomic E-state index is 0.636. The molecule has 1 aromatic carbocycles. The molecular formula is C17H25NOS. The van der Waals surface area contributed by atoms with Gasteiger partial charge in [0.05, 0.1) is 0 Å². The van der Waals surface area contributed by atoms with E-state index in [4.69, 9.17) is 0 Å². The summed E-state index contributed by atoms with van der Waals surface area (Å²) in [7, 11) is -0.763. The Balaban J connectivity index is 1.60. The zero-order valence-corrected chi connectivity index (χ0v) is 13.1. The Kier molecular flexibility index (Phi) is 4.45. The first-order valence-corrected chi connectivity index (χ1v) is 9.59. The Hall–Kier alpha value is -0.830. The van der Waals surface area contributed by atoms with Crippen LogP contribution in [0.2, 0.25) is 0 Å². The number of nitrogens with one attached hydrogen (secondary N) is 1. The van der Waals surface area contributed by atoms with E-state index in [9.17, 15) is 4.21 Å². The summed E-state index contributed by atoms with van der Waals surface area (Å²) in [4.78, 5) is 0. The van der Waals surface area contributed by atoms with Crippen LogP contribution in [0.3, 0.4) is 0 Å². The molecule has 1 aromatic rings. The van der Waals surface area contributed by atoms with Crippen molar-refractivity contribution >= 4 is 16.5 Å². The van der Waals surface area contributed by atoms with Gasteiger partial charge in [-0.2, -0.15) is 0 Å². The second-order valence-corrected chi connectivity index (χ2v) is 7.96. The maximum absolute atomic E-state index is 11.3. The van der Waals surface area contributed by atoms with Crippen molar-refractivity contribution in [2.24, 2.45) is 11.8 Å². The van der Waals surface area contributed by atoms with E-state index < -0.39 is 10.8 Å². The summed E-state index contributed by atoms with van der Waals surface area (Å²) in [5.74, 6) is 2.66. The predicted octanol–water partition coefficient (Wildman–Crippen LogP) is 3.95. The Bertz CT molecular complexity index is 484. The van der Waals surface area contributed by atoms with Crippen molar-refractivity contribution in [1.82, 2.24) is 0 Å². The van der Waals surface area contributed by atoms with E-state index in [1.54, 1.807) is 6.26 Å². The van der Waals surface area contributed by atoms with E-state index in [1.165, 1.54) is 49.8 Å². The molecule has 0 radical (unpaired) electrons. The molecule has 2 aliphatic carbocycles. The second-order valence-electron chi connectivity index (χ2n) is 6.52. The molecule has 1 N–H and O–H groups in total. The van der Waals surface area contributed by atoms with Crippen LogP contribution >= 0.6 is 0 Å². The number of rotatable bonds is 5. The van der Waals surface area contributed by atoms with Gasteiger partial charge in [0.2, 0.25) is 0 Å². The third-order valence-corrected chi connectivity index (χ3v) is 5.41. The minimum Gasteiger partial charge on any atom is -0.382 e. The molecule has 0 heterocycles. The van der Waals surface area contributed by atoms with Gasteiger partial charge in [-0.1, -0.05) is 25.0 Å². The molecule has 110 valence electrons. The number of anilines is 1. The average Bonchev–Trinajstić information content (AvgIpc) is 3.23. The van der Waals surface area contributed by atoms with Gasteiger partial charge in [0.1, 0.15) is 0 Å². The molecule has 0 bridgehead atoms. The van der Waals surface area contributed by atoms with Crippen LogP contribution in [0, 0.1) is 11.8 Å². The fourth-order valence-electron chi connectivity index (χ4n) is 3.58. The van der Waals surface area contributed by atoms with Crippen LogP contribution in [0.4, 0.5) is 5.69 Å². The Labute approximate surface area is 124 Å². The van der Waals surface area contributed by atoms with Crippen molar-refractivity contribution in [3.8, 4) is 0 Å². The zero-order valence-electron chi connectivity index (χ0n) is 12.3. The molecule has 2 saturated carbocycles. The van der Waals surface area contributed by atoms with Gasteiger partial charge in [0.15, 0.2) is 0 Å². The SMILES string of the molecule is C[S@@](=O)Cc1cccc(N[C@@H]2CCC[C@H](C3CC3)C2)c1. The molecule has 0 unspecified atom stereocenters. The van der Waals surface area contributed by atoms with Crippen molar-refractivity contribution in [2.45, 2.75) is 50.3 Å². The lowest BCUT2D eigenvalue weighted by Crippen LogP contribution is -2.28. The normalized spacial score (nSPS) is 28.1. The van der Waals surface area contributed by atoms with Gasteiger partial charge in [0.25, 0.3) is 0 Å². The quantitative estimate of drug-likeness (QED) is 0.890. The fraction of sp³-hybridized carbons (Fsp3) is 0.647. The van der Waals surface area contributed by atoms with Gasteiger partial charge in [-0.15, -0.1) is 0 Å². The van der Waals surface area contributed by atoms with Crippen LogP contribution in [0.15, 0.2) is 24.3 Å². The van der Waals surface area contributed by atoms with Crippen LogP contribution < -0.4 is 5.32 Å². The highest BCUT2D eigenvalue weighted by atomic mass is 32.2. The first-order valence-electron chi connectivity index (χ1n) is 7.86. The van der Waals surface area contributed by atoms with Crippen LogP contribution in [-0.2, 0) is 16.6 Å².